The SMILES string of the molecule is CN(Cc1ccc(F)cc1)c1nc(Cl)ncc1F. The van der Waals surface area contributed by atoms with E-state index in [2.05, 4.69) is 9.97 Å². The Bertz CT molecular complexity index is 546. The maximum absolute atomic E-state index is 13.5. The van der Waals surface area contributed by atoms with E-state index in [0.717, 1.165) is 11.8 Å². The molecule has 2 aromatic rings. The molecule has 94 valence electrons. The standard InChI is InChI=1S/C12H10ClF2N3/c1-18(7-8-2-4-9(14)5-3-8)11-10(15)6-16-12(13)17-11/h2-6H,7H2,1H3. The fourth-order valence-electron chi connectivity index (χ4n) is 1.54. The molecule has 1 aromatic heterocycles. The van der Waals surface area contributed by atoms with Crippen molar-refractivity contribution < 1.29 is 8.78 Å². The van der Waals surface area contributed by atoms with E-state index in [-0.39, 0.29) is 16.9 Å². The Morgan fingerprint density at radius 1 is 1.22 bits per heavy atom. The summed E-state index contributed by atoms with van der Waals surface area (Å²) < 4.78 is 26.3. The van der Waals surface area contributed by atoms with Gasteiger partial charge in [-0.15, -0.1) is 0 Å². The van der Waals surface area contributed by atoms with Crippen LogP contribution < -0.4 is 4.90 Å². The normalized spacial score (nSPS) is 10.4. The van der Waals surface area contributed by atoms with Crippen molar-refractivity contribution in [1.82, 2.24) is 9.97 Å². The summed E-state index contributed by atoms with van der Waals surface area (Å²) in [5.74, 6) is -0.749. The molecule has 0 radical (unpaired) electrons. The van der Waals surface area contributed by atoms with Crippen molar-refractivity contribution >= 4 is 17.4 Å². The second-order valence-electron chi connectivity index (χ2n) is 3.79. The predicted octanol–water partition coefficient (Wildman–Crippen LogP) is 3.04. The third kappa shape index (κ3) is 2.92. The molecule has 2 rings (SSSR count). The zero-order valence-electron chi connectivity index (χ0n) is 9.57. The number of aromatic nitrogens is 2. The minimum atomic E-state index is -0.552. The molecule has 0 saturated carbocycles. The van der Waals surface area contributed by atoms with Gasteiger partial charge in [-0.1, -0.05) is 12.1 Å². The molecule has 0 atom stereocenters. The number of halogens is 3. The van der Waals surface area contributed by atoms with E-state index in [0.29, 0.717) is 6.54 Å². The van der Waals surface area contributed by atoms with E-state index in [1.165, 1.54) is 12.1 Å². The van der Waals surface area contributed by atoms with Crippen molar-refractivity contribution in [1.29, 1.82) is 0 Å². The van der Waals surface area contributed by atoms with Crippen molar-refractivity contribution in [2.45, 2.75) is 6.54 Å². The zero-order valence-corrected chi connectivity index (χ0v) is 10.3. The summed E-state index contributed by atoms with van der Waals surface area (Å²) in [5.41, 5.74) is 0.841. The minimum absolute atomic E-state index is 0.0163. The lowest BCUT2D eigenvalue weighted by Crippen LogP contribution is -2.19. The molecule has 0 bridgehead atoms. The highest BCUT2D eigenvalue weighted by molar-refractivity contribution is 6.28. The highest BCUT2D eigenvalue weighted by atomic mass is 35.5. The Hall–Kier alpha value is -1.75. The highest BCUT2D eigenvalue weighted by Crippen LogP contribution is 2.18. The van der Waals surface area contributed by atoms with Crippen LogP contribution in [0, 0.1) is 11.6 Å². The second kappa shape index (κ2) is 5.27. The van der Waals surface area contributed by atoms with Gasteiger partial charge in [0.05, 0.1) is 6.20 Å². The third-order valence-corrected chi connectivity index (χ3v) is 2.57. The molecule has 6 heteroatoms. The number of hydrogen-bond acceptors (Lipinski definition) is 3. The fraction of sp³-hybridized carbons (Fsp3) is 0.167. The van der Waals surface area contributed by atoms with E-state index in [1.54, 1.807) is 24.1 Å². The number of rotatable bonds is 3. The average Bonchev–Trinajstić information content (AvgIpc) is 2.35. The van der Waals surface area contributed by atoms with E-state index in [9.17, 15) is 8.78 Å². The van der Waals surface area contributed by atoms with Gasteiger partial charge in [0, 0.05) is 13.6 Å². The van der Waals surface area contributed by atoms with Gasteiger partial charge in [0.25, 0.3) is 0 Å². The van der Waals surface area contributed by atoms with Gasteiger partial charge in [-0.05, 0) is 29.3 Å². The molecule has 0 amide bonds. The van der Waals surface area contributed by atoms with Gasteiger partial charge in [0.15, 0.2) is 11.6 Å². The fourth-order valence-corrected chi connectivity index (χ4v) is 1.67. The Morgan fingerprint density at radius 2 is 1.89 bits per heavy atom. The molecule has 0 spiro atoms. The number of hydrogen-bond donors (Lipinski definition) is 0. The Balaban J connectivity index is 2.18. The third-order valence-electron chi connectivity index (χ3n) is 2.39. The summed E-state index contributed by atoms with van der Waals surface area (Å²) >= 11 is 5.62. The molecule has 3 nitrogen and oxygen atoms in total. The molecule has 0 N–H and O–H groups in total. The first-order chi connectivity index (χ1) is 8.56. The lowest BCUT2D eigenvalue weighted by molar-refractivity contribution is 0.606. The monoisotopic (exact) mass is 269 g/mol. The molecule has 0 fully saturated rings. The van der Waals surface area contributed by atoms with Crippen LogP contribution in [0.1, 0.15) is 5.56 Å². The smallest absolute Gasteiger partial charge is 0.224 e. The van der Waals surface area contributed by atoms with Crippen LogP contribution in [0.4, 0.5) is 14.6 Å². The number of nitrogens with zero attached hydrogens (tertiary/aromatic N) is 3. The van der Waals surface area contributed by atoms with E-state index >= 15 is 0 Å². The molecule has 0 aliphatic carbocycles. The van der Waals surface area contributed by atoms with Gasteiger partial charge >= 0.3 is 0 Å². The average molecular weight is 270 g/mol. The first-order valence-electron chi connectivity index (χ1n) is 5.20. The number of benzene rings is 1. The molecule has 1 aromatic carbocycles. The van der Waals surface area contributed by atoms with Gasteiger partial charge in [-0.25, -0.2) is 13.8 Å². The lowest BCUT2D eigenvalue weighted by Gasteiger charge is -2.18. The Morgan fingerprint density at radius 3 is 2.56 bits per heavy atom. The van der Waals surface area contributed by atoms with Crippen LogP contribution in [0.3, 0.4) is 0 Å². The molecule has 0 saturated heterocycles. The second-order valence-corrected chi connectivity index (χ2v) is 4.13. The van der Waals surface area contributed by atoms with E-state index < -0.39 is 5.82 Å². The summed E-state index contributed by atoms with van der Waals surface area (Å²) in [6.07, 6.45) is 1.02. The summed E-state index contributed by atoms with van der Waals surface area (Å²) in [7, 11) is 1.67. The van der Waals surface area contributed by atoms with Gasteiger partial charge < -0.3 is 4.90 Å². The molecule has 0 aliphatic heterocycles. The van der Waals surface area contributed by atoms with Gasteiger partial charge in [-0.2, -0.15) is 4.98 Å². The highest BCUT2D eigenvalue weighted by Gasteiger charge is 2.11. The summed E-state index contributed by atoms with van der Waals surface area (Å²) in [6, 6.07) is 5.97. The van der Waals surface area contributed by atoms with Gasteiger partial charge in [0.1, 0.15) is 5.82 Å². The van der Waals surface area contributed by atoms with Crippen LogP contribution >= 0.6 is 11.6 Å². The van der Waals surface area contributed by atoms with Crippen LogP contribution in [0.15, 0.2) is 30.5 Å². The molecule has 18 heavy (non-hydrogen) atoms. The molecular weight excluding hydrogens is 260 g/mol. The molecule has 0 unspecified atom stereocenters. The largest absolute Gasteiger partial charge is 0.353 e. The van der Waals surface area contributed by atoms with Crippen molar-refractivity contribution in [3.63, 3.8) is 0 Å². The van der Waals surface area contributed by atoms with Crippen molar-refractivity contribution in [2.75, 3.05) is 11.9 Å². The van der Waals surface area contributed by atoms with Crippen LogP contribution in [-0.4, -0.2) is 17.0 Å². The maximum atomic E-state index is 13.5. The van der Waals surface area contributed by atoms with Crippen molar-refractivity contribution in [3.8, 4) is 0 Å². The zero-order chi connectivity index (χ0) is 13.1. The van der Waals surface area contributed by atoms with Gasteiger partial charge in [-0.3, -0.25) is 0 Å². The Kier molecular flexibility index (Phi) is 3.72. The Labute approximate surface area is 108 Å². The van der Waals surface area contributed by atoms with E-state index in [4.69, 9.17) is 11.6 Å². The van der Waals surface area contributed by atoms with Crippen molar-refractivity contribution in [2.24, 2.45) is 0 Å². The summed E-state index contributed by atoms with van der Waals surface area (Å²) in [5, 5.41) is -0.0163. The maximum Gasteiger partial charge on any atom is 0.224 e. The summed E-state index contributed by atoms with van der Waals surface area (Å²) in [4.78, 5) is 8.94. The van der Waals surface area contributed by atoms with E-state index in [1.807, 2.05) is 0 Å². The van der Waals surface area contributed by atoms with Gasteiger partial charge in [0.2, 0.25) is 5.28 Å². The first kappa shape index (κ1) is 12.7. The predicted molar refractivity (Wildman–Crippen MR) is 65.5 cm³/mol. The lowest BCUT2D eigenvalue weighted by atomic mass is 10.2. The number of anilines is 1. The topological polar surface area (TPSA) is 29.0 Å². The van der Waals surface area contributed by atoms with Crippen LogP contribution in [0.2, 0.25) is 5.28 Å². The van der Waals surface area contributed by atoms with Crippen LogP contribution in [-0.2, 0) is 6.54 Å². The minimum Gasteiger partial charge on any atom is -0.353 e. The van der Waals surface area contributed by atoms with Crippen LogP contribution in [0.25, 0.3) is 0 Å². The molecular formula is C12H10ClF2N3. The molecule has 1 heterocycles. The summed E-state index contributed by atoms with van der Waals surface area (Å²) in [6.45, 7) is 0.393. The van der Waals surface area contributed by atoms with Crippen LogP contribution in [0.5, 0.6) is 0 Å². The van der Waals surface area contributed by atoms with Crippen molar-refractivity contribution in [3.05, 3.63) is 52.9 Å². The first-order valence-corrected chi connectivity index (χ1v) is 5.57. The quantitative estimate of drug-likeness (QED) is 0.802. The molecule has 0 aliphatic rings.